The molecule has 0 aliphatic rings. The number of fused-ring (bicyclic) bond motifs is 1. The molecule has 0 saturated heterocycles. The van der Waals surface area contributed by atoms with Crippen LogP contribution in [0, 0.1) is 0 Å². The summed E-state index contributed by atoms with van der Waals surface area (Å²) in [6.07, 6.45) is 6.64. The van der Waals surface area contributed by atoms with Gasteiger partial charge in [-0.15, -0.1) is 0 Å². The zero-order valence-electron chi connectivity index (χ0n) is 24.3. The normalized spacial score (nSPS) is 12.0. The van der Waals surface area contributed by atoms with E-state index >= 15 is 0 Å². The number of hydrogen-bond acceptors (Lipinski definition) is 6. The van der Waals surface area contributed by atoms with Gasteiger partial charge in [-0.2, -0.15) is 0 Å². The van der Waals surface area contributed by atoms with Crippen LogP contribution in [0.15, 0.2) is 91.4 Å². The Morgan fingerprint density at radius 1 is 0.976 bits per heavy atom. The minimum atomic E-state index is -3.27. The van der Waals surface area contributed by atoms with Crippen molar-refractivity contribution in [3.63, 3.8) is 0 Å². The summed E-state index contributed by atoms with van der Waals surface area (Å²) < 4.78 is 26.7. The molecule has 3 aromatic carbocycles. The molecule has 10 heteroatoms. The molecule has 0 spiro atoms. The van der Waals surface area contributed by atoms with Crippen LogP contribution in [0.25, 0.3) is 16.9 Å². The summed E-state index contributed by atoms with van der Waals surface area (Å²) in [6.45, 7) is 6.71. The van der Waals surface area contributed by atoms with Crippen molar-refractivity contribution in [2.45, 2.75) is 32.7 Å². The largest absolute Gasteiger partial charge is 0.337 e. The van der Waals surface area contributed by atoms with Gasteiger partial charge in [-0.25, -0.2) is 22.7 Å². The monoisotopic (exact) mass is 582 g/mol. The van der Waals surface area contributed by atoms with Crippen molar-refractivity contribution in [2.75, 3.05) is 23.9 Å². The first-order chi connectivity index (χ1) is 19.9. The van der Waals surface area contributed by atoms with E-state index in [1.807, 2.05) is 89.6 Å². The van der Waals surface area contributed by atoms with Gasteiger partial charge in [0.05, 0.1) is 11.9 Å². The van der Waals surface area contributed by atoms with Crippen molar-refractivity contribution in [1.29, 1.82) is 0 Å². The number of nitrogens with zero attached hydrogens (tertiary/aromatic N) is 4. The predicted molar refractivity (Wildman–Crippen MR) is 168 cm³/mol. The van der Waals surface area contributed by atoms with E-state index in [1.54, 1.807) is 13.2 Å². The van der Waals surface area contributed by atoms with Crippen LogP contribution in [0.4, 0.5) is 17.2 Å². The molecular weight excluding hydrogens is 548 g/mol. The number of aromatic nitrogens is 3. The van der Waals surface area contributed by atoms with Crippen molar-refractivity contribution in [1.82, 2.24) is 18.7 Å². The van der Waals surface area contributed by atoms with Gasteiger partial charge >= 0.3 is 0 Å². The van der Waals surface area contributed by atoms with Gasteiger partial charge in [0.15, 0.2) is 11.5 Å². The summed E-state index contributed by atoms with van der Waals surface area (Å²) in [5, 5.41) is 6.34. The molecule has 0 atom stereocenters. The molecule has 0 aliphatic carbocycles. The average molecular weight is 583 g/mol. The molecule has 0 bridgehead atoms. The Kier molecular flexibility index (Phi) is 7.85. The molecule has 216 valence electrons. The maximum atomic E-state index is 13.0. The lowest BCUT2D eigenvalue weighted by atomic mass is 9.87. The van der Waals surface area contributed by atoms with Gasteiger partial charge in [0.2, 0.25) is 10.0 Å². The molecule has 42 heavy (non-hydrogen) atoms. The third-order valence-electron chi connectivity index (χ3n) is 6.99. The van der Waals surface area contributed by atoms with Crippen LogP contribution in [0.3, 0.4) is 0 Å². The van der Waals surface area contributed by atoms with E-state index in [1.165, 1.54) is 16.1 Å². The molecule has 2 N–H and O–H groups in total. The lowest BCUT2D eigenvalue weighted by molar-refractivity contribution is 0.102. The van der Waals surface area contributed by atoms with Gasteiger partial charge in [0.25, 0.3) is 5.91 Å². The number of rotatable bonds is 8. The highest BCUT2D eigenvalue weighted by molar-refractivity contribution is 7.88. The van der Waals surface area contributed by atoms with Crippen LogP contribution in [-0.4, -0.2) is 46.3 Å². The molecule has 2 aromatic heterocycles. The maximum Gasteiger partial charge on any atom is 0.255 e. The zero-order chi connectivity index (χ0) is 30.1. The first-order valence-electron chi connectivity index (χ1n) is 13.5. The molecule has 9 nitrogen and oxygen atoms in total. The van der Waals surface area contributed by atoms with E-state index in [-0.39, 0.29) is 17.9 Å². The standard InChI is InChI=1S/C32H34N6O3S/c1-32(2,3)25-13-11-23(12-14-25)31(39)35-27-8-6-7-24(19-27)28-21-38-18-17-33-30(38)29(36-28)34-26-15-9-22(10-16-26)20-37(4)42(5,40)41/h6-19,21H,20H2,1-5H3,(H,34,36)(H,35,39). The van der Waals surface area contributed by atoms with Gasteiger partial charge in [0.1, 0.15) is 0 Å². The van der Waals surface area contributed by atoms with Crippen LogP contribution < -0.4 is 10.6 Å². The number of imidazole rings is 1. The van der Waals surface area contributed by atoms with Crippen molar-refractivity contribution in [3.05, 3.63) is 108 Å². The molecule has 0 unspecified atom stereocenters. The Hall–Kier alpha value is -4.54. The first-order valence-corrected chi connectivity index (χ1v) is 15.3. The SMILES string of the molecule is CN(Cc1ccc(Nc2nc(-c3cccc(NC(=O)c4ccc(C(C)(C)C)cc4)c3)cn3ccnc23)cc1)S(C)(=O)=O. The van der Waals surface area contributed by atoms with E-state index in [0.717, 1.165) is 16.8 Å². The van der Waals surface area contributed by atoms with Crippen LogP contribution in [0.2, 0.25) is 0 Å². The molecule has 5 rings (SSSR count). The van der Waals surface area contributed by atoms with E-state index < -0.39 is 10.0 Å². The Morgan fingerprint density at radius 3 is 2.36 bits per heavy atom. The highest BCUT2D eigenvalue weighted by atomic mass is 32.2. The molecule has 0 saturated carbocycles. The number of amides is 1. The van der Waals surface area contributed by atoms with Gasteiger partial charge < -0.3 is 15.0 Å². The van der Waals surface area contributed by atoms with Crippen molar-refractivity contribution < 1.29 is 13.2 Å². The first kappa shape index (κ1) is 29.0. The second-order valence-electron chi connectivity index (χ2n) is 11.3. The summed E-state index contributed by atoms with van der Waals surface area (Å²) >= 11 is 0. The van der Waals surface area contributed by atoms with Crippen LogP contribution in [-0.2, 0) is 22.0 Å². The van der Waals surface area contributed by atoms with E-state index in [9.17, 15) is 13.2 Å². The van der Waals surface area contributed by atoms with Gasteiger partial charge in [-0.1, -0.05) is 57.2 Å². The molecule has 2 heterocycles. The summed E-state index contributed by atoms with van der Waals surface area (Å²) in [6, 6.07) is 22.8. The number of hydrogen-bond donors (Lipinski definition) is 2. The smallest absolute Gasteiger partial charge is 0.255 e. The second kappa shape index (κ2) is 11.4. The Bertz CT molecular complexity index is 1840. The van der Waals surface area contributed by atoms with Crippen molar-refractivity contribution in [3.8, 4) is 11.3 Å². The topological polar surface area (TPSA) is 109 Å². The lowest BCUT2D eigenvalue weighted by Crippen LogP contribution is -2.24. The Labute approximate surface area is 246 Å². The zero-order valence-corrected chi connectivity index (χ0v) is 25.1. The molecule has 0 aliphatic heterocycles. The predicted octanol–water partition coefficient (Wildman–Crippen LogP) is 6.08. The highest BCUT2D eigenvalue weighted by Crippen LogP contribution is 2.27. The number of anilines is 3. The summed E-state index contributed by atoms with van der Waals surface area (Å²) in [4.78, 5) is 22.3. The number of sulfonamides is 1. The average Bonchev–Trinajstić information content (AvgIpc) is 3.42. The van der Waals surface area contributed by atoms with Crippen LogP contribution in [0.1, 0.15) is 42.3 Å². The van der Waals surface area contributed by atoms with Crippen molar-refractivity contribution in [2.24, 2.45) is 0 Å². The highest BCUT2D eigenvalue weighted by Gasteiger charge is 2.16. The molecule has 0 radical (unpaired) electrons. The third-order valence-corrected chi connectivity index (χ3v) is 8.25. The van der Waals surface area contributed by atoms with Gasteiger partial charge in [-0.3, -0.25) is 4.79 Å². The summed E-state index contributed by atoms with van der Waals surface area (Å²) in [5.41, 5.74) is 6.26. The number of carbonyl (C=O) groups excluding carboxylic acids is 1. The lowest BCUT2D eigenvalue weighted by Gasteiger charge is -2.19. The fraction of sp³-hybridized carbons (Fsp3) is 0.219. The minimum Gasteiger partial charge on any atom is -0.337 e. The number of carbonyl (C=O) groups is 1. The Morgan fingerprint density at radius 2 is 1.69 bits per heavy atom. The fourth-order valence-electron chi connectivity index (χ4n) is 4.44. The van der Waals surface area contributed by atoms with E-state index in [4.69, 9.17) is 4.98 Å². The third kappa shape index (κ3) is 6.67. The number of benzene rings is 3. The Balaban J connectivity index is 1.36. The minimum absolute atomic E-state index is 0.0148. The van der Waals surface area contributed by atoms with Crippen molar-refractivity contribution >= 4 is 38.8 Å². The second-order valence-corrected chi connectivity index (χ2v) is 13.4. The van der Waals surface area contributed by atoms with E-state index in [0.29, 0.717) is 28.4 Å². The van der Waals surface area contributed by atoms with Gasteiger partial charge in [-0.05, 0) is 52.9 Å². The van der Waals surface area contributed by atoms with Crippen LogP contribution in [0.5, 0.6) is 0 Å². The molecule has 0 fully saturated rings. The molecular formula is C32H34N6O3S. The summed E-state index contributed by atoms with van der Waals surface area (Å²) in [7, 11) is -1.71. The van der Waals surface area contributed by atoms with Gasteiger partial charge in [0, 0.05) is 54.7 Å². The fourth-order valence-corrected chi connectivity index (χ4v) is 4.82. The molecule has 1 amide bonds. The number of nitrogens with one attached hydrogen (secondary N) is 2. The quantitative estimate of drug-likeness (QED) is 0.230. The van der Waals surface area contributed by atoms with Crippen LogP contribution >= 0.6 is 0 Å². The van der Waals surface area contributed by atoms with E-state index in [2.05, 4.69) is 36.4 Å². The molecule has 5 aromatic rings. The summed E-state index contributed by atoms with van der Waals surface area (Å²) in [5.74, 6) is 0.381. The maximum absolute atomic E-state index is 13.0.